The molecule has 3 aromatic heterocycles. The van der Waals surface area contributed by atoms with Crippen LogP contribution in [0.25, 0.3) is 0 Å². The minimum atomic E-state index is -0.609. The number of carbonyl (C=O) groups excluding carboxylic acids is 6. The lowest BCUT2D eigenvalue weighted by molar-refractivity contribution is 0.0976. The number of hydrogen-bond donors (Lipinski definition) is 3. The molecule has 0 spiro atoms. The van der Waals surface area contributed by atoms with Crippen LogP contribution in [0.2, 0.25) is 10.0 Å². The number of nitrogens with zero attached hydrogens (tertiary/aromatic N) is 9. The highest BCUT2D eigenvalue weighted by atomic mass is 79.9. The number of aliphatic imine (C=N–C) groups is 3. The molecular formula is C74H65BrCl2F2N12O6. The Labute approximate surface area is 577 Å². The number of rotatable bonds is 18. The molecular weight excluding hydrogens is 1340 g/mol. The Morgan fingerprint density at radius 2 is 0.825 bits per heavy atom. The highest BCUT2D eigenvalue weighted by molar-refractivity contribution is 9.10. The van der Waals surface area contributed by atoms with Crippen molar-refractivity contribution in [2.24, 2.45) is 15.0 Å². The summed E-state index contributed by atoms with van der Waals surface area (Å²) < 4.78 is 30.4. The number of hydrogen-bond acceptors (Lipinski definition) is 15. The first-order valence-corrected chi connectivity index (χ1v) is 32.3. The maximum Gasteiger partial charge on any atom is 0.257 e. The van der Waals surface area contributed by atoms with Gasteiger partial charge in [0.2, 0.25) is 0 Å². The van der Waals surface area contributed by atoms with Gasteiger partial charge in [-0.15, -0.1) is 0 Å². The zero-order chi connectivity index (χ0) is 68.9. The number of amides is 3. The number of aromatic nitrogens is 3. The molecule has 12 rings (SSSR count). The highest BCUT2D eigenvalue weighted by Gasteiger charge is 2.25. The summed E-state index contributed by atoms with van der Waals surface area (Å²) >= 11 is 15.0. The summed E-state index contributed by atoms with van der Waals surface area (Å²) in [7, 11) is 5.80. The lowest BCUT2D eigenvalue weighted by Crippen LogP contribution is -2.23. The molecule has 0 saturated carbocycles. The number of likely N-dealkylation sites (N-methyl/N-ethyl adjacent to an activating group) is 3. The van der Waals surface area contributed by atoms with Crippen LogP contribution in [0.15, 0.2) is 196 Å². The topological polar surface area (TPSA) is 224 Å². The summed E-state index contributed by atoms with van der Waals surface area (Å²) in [4.78, 5) is 109. The molecule has 3 aliphatic heterocycles. The Kier molecular flexibility index (Phi) is 22.8. The molecule has 0 fully saturated rings. The van der Waals surface area contributed by atoms with Gasteiger partial charge in [0.1, 0.15) is 46.6 Å². The number of Topliss-reactive ketones (excluding diaryl/α,β-unsaturated/α-hetero) is 3. The lowest BCUT2D eigenvalue weighted by atomic mass is 9.96. The van der Waals surface area contributed by atoms with Crippen LogP contribution in [-0.2, 0) is 19.3 Å². The van der Waals surface area contributed by atoms with Crippen LogP contribution in [0, 0.1) is 25.5 Å². The van der Waals surface area contributed by atoms with Crippen LogP contribution < -0.4 is 16.0 Å². The van der Waals surface area contributed by atoms with Crippen molar-refractivity contribution in [3.05, 3.63) is 280 Å². The van der Waals surface area contributed by atoms with Crippen LogP contribution in [0.4, 0.5) is 26.2 Å². The number of pyridine rings is 3. The van der Waals surface area contributed by atoms with Gasteiger partial charge in [0.25, 0.3) is 17.7 Å². The highest BCUT2D eigenvalue weighted by Crippen LogP contribution is 2.25. The van der Waals surface area contributed by atoms with E-state index in [0.717, 1.165) is 53.2 Å². The minimum Gasteiger partial charge on any atom is -0.358 e. The lowest BCUT2D eigenvalue weighted by Gasteiger charge is -2.14. The summed E-state index contributed by atoms with van der Waals surface area (Å²) in [6.45, 7) is 8.36. The number of ketones is 3. The number of aryl methyl sites for hydroxylation is 2. The van der Waals surface area contributed by atoms with Crippen molar-refractivity contribution in [1.29, 1.82) is 0 Å². The van der Waals surface area contributed by atoms with Gasteiger partial charge < -0.3 is 30.7 Å². The second-order valence-electron chi connectivity index (χ2n) is 23.1. The Morgan fingerprint density at radius 1 is 0.433 bits per heavy atom. The zero-order valence-corrected chi connectivity index (χ0v) is 56.6. The van der Waals surface area contributed by atoms with Crippen LogP contribution >= 0.6 is 39.1 Å². The van der Waals surface area contributed by atoms with Gasteiger partial charge >= 0.3 is 0 Å². The van der Waals surface area contributed by atoms with E-state index in [9.17, 15) is 37.5 Å². The normalized spacial score (nSPS) is 13.1. The molecule has 18 nitrogen and oxygen atoms in total. The van der Waals surface area contributed by atoms with Crippen LogP contribution in [0.3, 0.4) is 0 Å². The molecule has 6 aromatic carbocycles. The van der Waals surface area contributed by atoms with Crippen molar-refractivity contribution in [3.8, 4) is 0 Å². The van der Waals surface area contributed by atoms with Gasteiger partial charge in [-0.05, 0) is 125 Å². The van der Waals surface area contributed by atoms with E-state index in [1.807, 2.05) is 87.3 Å². The largest absolute Gasteiger partial charge is 0.358 e. The van der Waals surface area contributed by atoms with E-state index in [-0.39, 0.29) is 48.0 Å². The van der Waals surface area contributed by atoms with Crippen LogP contribution in [0.1, 0.15) is 107 Å². The van der Waals surface area contributed by atoms with Crippen LogP contribution in [-0.4, -0.2) is 143 Å². The molecule has 3 aliphatic rings. The second kappa shape index (κ2) is 31.8. The van der Waals surface area contributed by atoms with Crippen molar-refractivity contribution < 1.29 is 37.5 Å². The summed E-state index contributed by atoms with van der Waals surface area (Å²) in [5.41, 5.74) is 7.43. The predicted molar refractivity (Wildman–Crippen MR) is 379 cm³/mol. The third kappa shape index (κ3) is 17.9. The third-order valence-corrected chi connectivity index (χ3v) is 16.9. The van der Waals surface area contributed by atoms with E-state index in [4.69, 9.17) is 23.2 Å². The number of benzene rings is 6. The summed E-state index contributed by atoms with van der Waals surface area (Å²) in [6, 6.07) is 43.9. The van der Waals surface area contributed by atoms with E-state index in [1.54, 1.807) is 97.2 Å². The number of nitrogens with one attached hydrogen (secondary N) is 3. The molecule has 0 radical (unpaired) electrons. The molecule has 3 N–H and O–H groups in total. The first-order chi connectivity index (χ1) is 46.6. The number of carbonyl (C=O) groups is 6. The molecule has 0 unspecified atom stereocenters. The maximum atomic E-state index is 14.8. The first kappa shape index (κ1) is 69.4. The SMILES string of the molecule is CN1CCN=C1c1ccc(C(=O)Cc2ccccc2C(=O)Nc2ccc(Cl)cn2)c(F)c1.Cc1ccc(CC(=O)c2ccc(C3=NCCN3C)cc2)c(C(=O)Nc2ccc(Cl)cn2)c1.Cc1ccc(CC(=O)c2ccc(C3=NCCN3C)cc2F)c(C(=O)Nc2ccc(Br)cn2)c1. The second-order valence-corrected chi connectivity index (χ2v) is 24.9. The zero-order valence-electron chi connectivity index (χ0n) is 53.5. The van der Waals surface area contributed by atoms with Gasteiger partial charge in [-0.2, -0.15) is 0 Å². The standard InChI is InChI=1S/C25H22BrFN4O2.C25H23ClN4O2.C24H20ClFN4O2/c1-15-3-4-16(20(11-15)25(33)30-23-8-6-18(26)14-29-23)13-22(32)19-7-5-17(12-21(19)27)24-28-9-10-31(24)2;1-16-3-4-19(21(13-16)25(32)29-23-10-9-20(26)15-28-23)14-22(31)17-5-7-18(8-6-17)24-27-11-12-30(24)2;1-30-11-10-27-23(30)16-6-8-19(20(26)12-16)21(31)13-15-4-2-3-5-18(15)24(32)29-22-9-7-17(25)14-28-22/h3-8,11-12,14H,9-10,13H2,1-2H3,(H,29,30,33);3-10,13,15H,11-12,14H2,1-2H3,(H,28,29,32);2-9,12,14H,10-11,13H2,1H3,(H,28,29,32). The number of amidine groups is 3. The Morgan fingerprint density at radius 3 is 1.23 bits per heavy atom. The first-order valence-electron chi connectivity index (χ1n) is 30.8. The van der Waals surface area contributed by atoms with Gasteiger partial charge in [-0.25, -0.2) is 23.7 Å². The quantitative estimate of drug-likeness (QED) is 0.0682. The number of halogens is 5. The van der Waals surface area contributed by atoms with E-state index < -0.39 is 29.1 Å². The van der Waals surface area contributed by atoms with Crippen molar-refractivity contribution in [3.63, 3.8) is 0 Å². The van der Waals surface area contributed by atoms with E-state index in [1.165, 1.54) is 36.7 Å². The van der Waals surface area contributed by atoms with Gasteiger partial charge in [-0.3, -0.25) is 43.7 Å². The van der Waals surface area contributed by atoms with Crippen molar-refractivity contribution in [1.82, 2.24) is 29.7 Å². The Hall–Kier alpha value is -10.5. The molecule has 0 atom stereocenters. The summed E-state index contributed by atoms with van der Waals surface area (Å²) in [5.74, 6) is 0.297. The monoisotopic (exact) mass is 1400 g/mol. The van der Waals surface area contributed by atoms with E-state index >= 15 is 0 Å². The third-order valence-electron chi connectivity index (χ3n) is 15.9. The Bertz CT molecular complexity index is 4580. The average Bonchev–Trinajstić information content (AvgIpc) is 1.35. The van der Waals surface area contributed by atoms with Crippen molar-refractivity contribution in [2.45, 2.75) is 33.1 Å². The molecule has 0 bridgehead atoms. The van der Waals surface area contributed by atoms with Crippen LogP contribution in [0.5, 0.6) is 0 Å². The van der Waals surface area contributed by atoms with Gasteiger partial charge in [0.15, 0.2) is 17.3 Å². The fourth-order valence-electron chi connectivity index (χ4n) is 10.8. The van der Waals surface area contributed by atoms with E-state index in [0.29, 0.717) is 102 Å². The molecule has 23 heteroatoms. The maximum absolute atomic E-state index is 14.8. The Balaban J connectivity index is 0.000000158. The molecule has 9 aromatic rings. The fourth-order valence-corrected chi connectivity index (χ4v) is 11.3. The van der Waals surface area contributed by atoms with Gasteiger partial charge in [0, 0.05) is 122 Å². The molecule has 6 heterocycles. The summed E-state index contributed by atoms with van der Waals surface area (Å²) in [5, 5.41) is 9.14. The van der Waals surface area contributed by atoms with Gasteiger partial charge in [-0.1, -0.05) is 113 Å². The minimum absolute atomic E-state index is 0.0125. The van der Waals surface area contributed by atoms with Crippen molar-refractivity contribution in [2.75, 3.05) is 76.4 Å². The molecule has 492 valence electrons. The summed E-state index contributed by atoms with van der Waals surface area (Å²) in [6.07, 6.45) is 4.38. The number of anilines is 3. The average molecular weight is 1410 g/mol. The van der Waals surface area contributed by atoms with E-state index in [2.05, 4.69) is 66.7 Å². The fraction of sp³-hybridized carbons (Fsp3) is 0.189. The van der Waals surface area contributed by atoms with Gasteiger partial charge in [0.05, 0.1) is 40.8 Å². The molecule has 97 heavy (non-hydrogen) atoms. The molecule has 3 amide bonds. The predicted octanol–water partition coefficient (Wildman–Crippen LogP) is 13.3. The van der Waals surface area contributed by atoms with Crippen molar-refractivity contribution >= 4 is 109 Å². The molecule has 0 saturated heterocycles. The smallest absolute Gasteiger partial charge is 0.257 e. The molecule has 0 aliphatic carbocycles.